The first-order chi connectivity index (χ1) is 10.1. The Labute approximate surface area is 124 Å². The molecule has 0 spiro atoms. The number of hydrogen-bond acceptors (Lipinski definition) is 4. The molecule has 2 N–H and O–H groups in total. The van der Waals surface area contributed by atoms with Crippen molar-refractivity contribution in [2.45, 2.75) is 19.4 Å². The molecule has 0 radical (unpaired) electrons. The quantitative estimate of drug-likeness (QED) is 0.846. The van der Waals surface area contributed by atoms with Gasteiger partial charge in [-0.1, -0.05) is 18.2 Å². The topological polar surface area (TPSA) is 70.7 Å². The minimum Gasteiger partial charge on any atom is -0.383 e. The number of amides is 3. The van der Waals surface area contributed by atoms with Gasteiger partial charge in [-0.3, -0.25) is 10.1 Å². The second kappa shape index (κ2) is 7.08. The van der Waals surface area contributed by atoms with Gasteiger partial charge in [0.15, 0.2) is 0 Å². The van der Waals surface area contributed by atoms with E-state index in [-0.39, 0.29) is 18.5 Å². The maximum Gasteiger partial charge on any atom is 0.321 e. The highest BCUT2D eigenvalue weighted by molar-refractivity contribution is 5.96. The second-order valence-corrected chi connectivity index (χ2v) is 5.18. The molecule has 21 heavy (non-hydrogen) atoms. The summed E-state index contributed by atoms with van der Waals surface area (Å²) in [5.74, 6) is -0.311. The number of fused-ring (bicyclic) bond motifs is 1. The summed E-state index contributed by atoms with van der Waals surface area (Å²) in [4.78, 5) is 25.5. The number of urea groups is 1. The fraction of sp³-hybridized carbons (Fsp3) is 0.467. The monoisotopic (exact) mass is 291 g/mol. The van der Waals surface area contributed by atoms with Gasteiger partial charge in [0.1, 0.15) is 0 Å². The molecule has 1 heterocycles. The maximum absolute atomic E-state index is 11.9. The lowest BCUT2D eigenvalue weighted by Gasteiger charge is -2.19. The first-order valence-corrected chi connectivity index (χ1v) is 7.02. The van der Waals surface area contributed by atoms with Gasteiger partial charge in [0.25, 0.3) is 0 Å². The Morgan fingerprint density at radius 3 is 2.90 bits per heavy atom. The van der Waals surface area contributed by atoms with Crippen molar-refractivity contribution < 1.29 is 14.3 Å². The number of methoxy groups -OCH3 is 1. The smallest absolute Gasteiger partial charge is 0.321 e. The number of carbonyl (C=O) groups is 2. The zero-order valence-electron chi connectivity index (χ0n) is 12.4. The number of rotatable bonds is 5. The minimum atomic E-state index is -0.489. The lowest BCUT2D eigenvalue weighted by molar-refractivity contribution is -0.118. The van der Waals surface area contributed by atoms with Gasteiger partial charge < -0.3 is 15.0 Å². The van der Waals surface area contributed by atoms with Gasteiger partial charge in [-0.15, -0.1) is 0 Å². The highest BCUT2D eigenvalue weighted by Gasteiger charge is 2.21. The van der Waals surface area contributed by atoms with E-state index in [0.29, 0.717) is 6.61 Å². The molecule has 1 aromatic carbocycles. The number of imide groups is 1. The predicted octanol–water partition coefficient (Wildman–Crippen LogP) is 0.910. The first kappa shape index (κ1) is 15.3. The molecule has 2 rings (SSSR count). The van der Waals surface area contributed by atoms with Gasteiger partial charge in [-0.25, -0.2) is 4.79 Å². The average molecular weight is 291 g/mol. The number of anilines is 1. The molecular formula is C15H21N3O3. The molecule has 1 unspecified atom stereocenters. The lowest BCUT2D eigenvalue weighted by atomic mass is 10.2. The van der Waals surface area contributed by atoms with E-state index < -0.39 is 6.03 Å². The van der Waals surface area contributed by atoms with E-state index in [1.807, 2.05) is 30.0 Å². The van der Waals surface area contributed by atoms with Crippen molar-refractivity contribution in [3.63, 3.8) is 0 Å². The van der Waals surface area contributed by atoms with E-state index in [1.165, 1.54) is 5.56 Å². The standard InChI is InChI=1S/C15H21N3O3/c1-11(10-21-2)16-15(20)17-14(19)9-18-8-7-12-5-3-4-6-13(12)18/h3-6,11H,7-10H2,1-2H3,(H2,16,17,19,20). The van der Waals surface area contributed by atoms with Crippen LogP contribution < -0.4 is 15.5 Å². The van der Waals surface area contributed by atoms with Crippen molar-refractivity contribution >= 4 is 17.6 Å². The van der Waals surface area contributed by atoms with Crippen LogP contribution in [-0.4, -0.2) is 44.8 Å². The molecule has 1 aliphatic rings. The van der Waals surface area contributed by atoms with Crippen molar-refractivity contribution in [1.29, 1.82) is 0 Å². The van der Waals surface area contributed by atoms with Crippen molar-refractivity contribution in [3.8, 4) is 0 Å². The van der Waals surface area contributed by atoms with Crippen LogP contribution in [0.1, 0.15) is 12.5 Å². The Morgan fingerprint density at radius 2 is 2.14 bits per heavy atom. The Kier molecular flexibility index (Phi) is 5.16. The van der Waals surface area contributed by atoms with Gasteiger partial charge in [-0.2, -0.15) is 0 Å². The Hall–Kier alpha value is -2.08. The summed E-state index contributed by atoms with van der Waals surface area (Å²) >= 11 is 0. The van der Waals surface area contributed by atoms with Gasteiger partial charge in [0, 0.05) is 19.3 Å². The normalized spacial score (nSPS) is 14.5. The molecule has 0 bridgehead atoms. The molecule has 0 saturated heterocycles. The summed E-state index contributed by atoms with van der Waals surface area (Å²) < 4.78 is 4.92. The molecule has 0 aromatic heterocycles. The molecule has 1 aromatic rings. The van der Waals surface area contributed by atoms with Crippen molar-refractivity contribution in [2.75, 3.05) is 31.7 Å². The summed E-state index contributed by atoms with van der Waals surface area (Å²) in [5.41, 5.74) is 2.31. The van der Waals surface area contributed by atoms with Crippen LogP contribution in [-0.2, 0) is 16.0 Å². The van der Waals surface area contributed by atoms with Crippen LogP contribution in [0.4, 0.5) is 10.5 Å². The lowest BCUT2D eigenvalue weighted by Crippen LogP contribution is -2.47. The van der Waals surface area contributed by atoms with Crippen molar-refractivity contribution in [2.24, 2.45) is 0 Å². The van der Waals surface area contributed by atoms with Crippen molar-refractivity contribution in [1.82, 2.24) is 10.6 Å². The van der Waals surface area contributed by atoms with Gasteiger partial charge >= 0.3 is 6.03 Å². The third-order valence-electron chi connectivity index (χ3n) is 3.36. The zero-order chi connectivity index (χ0) is 15.2. The Morgan fingerprint density at radius 1 is 1.38 bits per heavy atom. The van der Waals surface area contributed by atoms with Crippen molar-refractivity contribution in [3.05, 3.63) is 29.8 Å². The van der Waals surface area contributed by atoms with E-state index >= 15 is 0 Å². The number of hydrogen-bond donors (Lipinski definition) is 2. The molecule has 1 aliphatic heterocycles. The van der Waals surface area contributed by atoms with E-state index in [9.17, 15) is 9.59 Å². The summed E-state index contributed by atoms with van der Waals surface area (Å²) in [5, 5.41) is 4.98. The molecule has 114 valence electrons. The van der Waals surface area contributed by atoms with Crippen LogP contribution in [0.3, 0.4) is 0 Å². The van der Waals surface area contributed by atoms with Gasteiger partial charge in [0.05, 0.1) is 19.2 Å². The largest absolute Gasteiger partial charge is 0.383 e. The number of carbonyl (C=O) groups excluding carboxylic acids is 2. The Bertz CT molecular complexity index is 519. The van der Waals surface area contributed by atoms with Crippen LogP contribution in [0, 0.1) is 0 Å². The fourth-order valence-electron chi connectivity index (χ4n) is 2.46. The fourth-order valence-corrected chi connectivity index (χ4v) is 2.46. The predicted molar refractivity (Wildman–Crippen MR) is 80.4 cm³/mol. The van der Waals surface area contributed by atoms with E-state index in [1.54, 1.807) is 7.11 Å². The van der Waals surface area contributed by atoms with Crippen LogP contribution in [0.25, 0.3) is 0 Å². The molecule has 6 nitrogen and oxygen atoms in total. The Balaban J connectivity index is 1.82. The van der Waals surface area contributed by atoms with Crippen LogP contribution in [0.15, 0.2) is 24.3 Å². The third kappa shape index (κ3) is 4.19. The molecule has 3 amide bonds. The molecule has 0 fully saturated rings. The number of nitrogens with one attached hydrogen (secondary N) is 2. The van der Waals surface area contributed by atoms with Crippen LogP contribution in [0.2, 0.25) is 0 Å². The number of para-hydroxylation sites is 1. The van der Waals surface area contributed by atoms with E-state index in [2.05, 4.69) is 16.7 Å². The second-order valence-electron chi connectivity index (χ2n) is 5.18. The molecular weight excluding hydrogens is 270 g/mol. The average Bonchev–Trinajstić information content (AvgIpc) is 2.82. The number of ether oxygens (including phenoxy) is 1. The van der Waals surface area contributed by atoms with Crippen LogP contribution in [0.5, 0.6) is 0 Å². The molecule has 6 heteroatoms. The summed E-state index contributed by atoms with van der Waals surface area (Å²) in [6.07, 6.45) is 0.931. The summed E-state index contributed by atoms with van der Waals surface area (Å²) in [7, 11) is 1.56. The highest BCUT2D eigenvalue weighted by Crippen LogP contribution is 2.26. The molecule has 0 aliphatic carbocycles. The molecule has 1 atom stereocenters. The van der Waals surface area contributed by atoms with Gasteiger partial charge in [0.2, 0.25) is 5.91 Å². The minimum absolute atomic E-state index is 0.143. The van der Waals surface area contributed by atoms with Crippen LogP contribution >= 0.6 is 0 Å². The summed E-state index contributed by atoms with van der Waals surface area (Å²) in [6, 6.07) is 7.37. The summed E-state index contributed by atoms with van der Waals surface area (Å²) in [6.45, 7) is 3.20. The van der Waals surface area contributed by atoms with E-state index in [4.69, 9.17) is 4.74 Å². The third-order valence-corrected chi connectivity index (χ3v) is 3.36. The SMILES string of the molecule is COCC(C)NC(=O)NC(=O)CN1CCc2ccccc21. The number of nitrogens with zero attached hydrogens (tertiary/aromatic N) is 1. The highest BCUT2D eigenvalue weighted by atomic mass is 16.5. The number of benzene rings is 1. The maximum atomic E-state index is 11.9. The van der Waals surface area contributed by atoms with E-state index in [0.717, 1.165) is 18.7 Å². The van der Waals surface area contributed by atoms with Gasteiger partial charge in [-0.05, 0) is 25.0 Å². The molecule has 0 saturated carbocycles. The zero-order valence-corrected chi connectivity index (χ0v) is 12.4. The first-order valence-electron chi connectivity index (χ1n) is 7.02.